The molecule has 0 aromatic heterocycles. The highest BCUT2D eigenvalue weighted by atomic mass is 16.5. The summed E-state index contributed by atoms with van der Waals surface area (Å²) < 4.78 is 5.36. The molecule has 0 radical (unpaired) electrons. The van der Waals surface area contributed by atoms with Gasteiger partial charge in [-0.05, 0) is 56.2 Å². The van der Waals surface area contributed by atoms with Crippen LogP contribution in [0.4, 0.5) is 0 Å². The van der Waals surface area contributed by atoms with Gasteiger partial charge in [-0.3, -0.25) is 0 Å². The Balaban J connectivity index is 2.10. The molecule has 0 heterocycles. The molecule has 1 aliphatic rings. The van der Waals surface area contributed by atoms with E-state index >= 15 is 0 Å². The van der Waals surface area contributed by atoms with Crippen LogP contribution in [-0.2, 0) is 6.42 Å². The first-order chi connectivity index (χ1) is 7.54. The standard InChI is InChI=1S/C14H21NO/c1-10-8-12(4-5-14(15)6-7-14)9-11(2)13(10)16-3/h8-9H,4-7,15H2,1-3H3. The van der Waals surface area contributed by atoms with Gasteiger partial charge >= 0.3 is 0 Å². The van der Waals surface area contributed by atoms with Crippen LogP contribution in [-0.4, -0.2) is 12.6 Å². The van der Waals surface area contributed by atoms with Gasteiger partial charge in [-0.15, -0.1) is 0 Å². The molecule has 16 heavy (non-hydrogen) atoms. The Kier molecular flexibility index (Phi) is 2.94. The number of benzene rings is 1. The van der Waals surface area contributed by atoms with Gasteiger partial charge in [-0.25, -0.2) is 0 Å². The summed E-state index contributed by atoms with van der Waals surface area (Å²) in [5.41, 5.74) is 10.1. The fourth-order valence-electron chi connectivity index (χ4n) is 2.31. The first-order valence-corrected chi connectivity index (χ1v) is 5.97. The van der Waals surface area contributed by atoms with E-state index in [1.165, 1.54) is 29.5 Å². The lowest BCUT2D eigenvalue weighted by Crippen LogP contribution is -2.22. The third-order valence-electron chi connectivity index (χ3n) is 3.53. The van der Waals surface area contributed by atoms with Crippen molar-refractivity contribution in [3.8, 4) is 5.75 Å². The van der Waals surface area contributed by atoms with Gasteiger partial charge in [0.15, 0.2) is 0 Å². The molecule has 1 aromatic carbocycles. The lowest BCUT2D eigenvalue weighted by Gasteiger charge is -2.13. The molecule has 1 aliphatic carbocycles. The quantitative estimate of drug-likeness (QED) is 0.845. The van der Waals surface area contributed by atoms with E-state index in [0.29, 0.717) is 0 Å². The van der Waals surface area contributed by atoms with E-state index in [4.69, 9.17) is 10.5 Å². The first-order valence-electron chi connectivity index (χ1n) is 5.97. The van der Waals surface area contributed by atoms with Crippen molar-refractivity contribution in [2.45, 2.75) is 45.1 Å². The SMILES string of the molecule is COc1c(C)cc(CCC2(N)CC2)cc1C. The molecule has 1 aromatic rings. The molecule has 0 amide bonds. The molecule has 0 unspecified atom stereocenters. The van der Waals surface area contributed by atoms with E-state index in [2.05, 4.69) is 26.0 Å². The van der Waals surface area contributed by atoms with Gasteiger partial charge in [0.2, 0.25) is 0 Å². The maximum atomic E-state index is 6.10. The van der Waals surface area contributed by atoms with Crippen molar-refractivity contribution >= 4 is 0 Å². The Hall–Kier alpha value is -1.02. The van der Waals surface area contributed by atoms with Crippen LogP contribution >= 0.6 is 0 Å². The van der Waals surface area contributed by atoms with Gasteiger partial charge in [-0.1, -0.05) is 12.1 Å². The van der Waals surface area contributed by atoms with Crippen molar-refractivity contribution in [3.63, 3.8) is 0 Å². The Morgan fingerprint density at radius 1 is 1.25 bits per heavy atom. The van der Waals surface area contributed by atoms with Crippen molar-refractivity contribution < 1.29 is 4.74 Å². The van der Waals surface area contributed by atoms with E-state index in [9.17, 15) is 0 Å². The molecule has 0 saturated heterocycles. The van der Waals surface area contributed by atoms with Crippen LogP contribution in [0.15, 0.2) is 12.1 Å². The molecule has 0 atom stereocenters. The molecule has 1 fully saturated rings. The molecule has 2 N–H and O–H groups in total. The number of rotatable bonds is 4. The topological polar surface area (TPSA) is 35.2 Å². The second kappa shape index (κ2) is 4.10. The highest BCUT2D eigenvalue weighted by Crippen LogP contribution is 2.37. The molecule has 0 spiro atoms. The second-order valence-electron chi connectivity index (χ2n) is 5.13. The van der Waals surface area contributed by atoms with Crippen LogP contribution < -0.4 is 10.5 Å². The van der Waals surface area contributed by atoms with Gasteiger partial charge in [0, 0.05) is 5.54 Å². The fourth-order valence-corrected chi connectivity index (χ4v) is 2.31. The maximum absolute atomic E-state index is 6.10. The average Bonchev–Trinajstić information content (AvgIpc) is 2.94. The van der Waals surface area contributed by atoms with Gasteiger partial charge in [-0.2, -0.15) is 0 Å². The highest BCUT2D eigenvalue weighted by Gasteiger charge is 2.37. The van der Waals surface area contributed by atoms with Crippen LogP contribution in [0, 0.1) is 13.8 Å². The van der Waals surface area contributed by atoms with Crippen LogP contribution in [0.3, 0.4) is 0 Å². The largest absolute Gasteiger partial charge is 0.496 e. The Morgan fingerprint density at radius 3 is 2.25 bits per heavy atom. The third kappa shape index (κ3) is 2.38. The number of methoxy groups -OCH3 is 1. The predicted molar refractivity (Wildman–Crippen MR) is 66.9 cm³/mol. The van der Waals surface area contributed by atoms with Crippen molar-refractivity contribution in [1.82, 2.24) is 0 Å². The highest BCUT2D eigenvalue weighted by molar-refractivity contribution is 5.43. The molecule has 0 bridgehead atoms. The van der Waals surface area contributed by atoms with E-state index < -0.39 is 0 Å². The van der Waals surface area contributed by atoms with Crippen LogP contribution in [0.5, 0.6) is 5.75 Å². The lowest BCUT2D eigenvalue weighted by molar-refractivity contribution is 0.408. The van der Waals surface area contributed by atoms with E-state index in [1.807, 2.05) is 0 Å². The molecule has 1 saturated carbocycles. The Morgan fingerprint density at radius 2 is 1.81 bits per heavy atom. The van der Waals surface area contributed by atoms with E-state index in [-0.39, 0.29) is 5.54 Å². The molecule has 2 rings (SSSR count). The monoisotopic (exact) mass is 219 g/mol. The summed E-state index contributed by atoms with van der Waals surface area (Å²) in [5, 5.41) is 0. The van der Waals surface area contributed by atoms with Crippen molar-refractivity contribution in [3.05, 3.63) is 28.8 Å². The minimum absolute atomic E-state index is 0.155. The summed E-state index contributed by atoms with van der Waals surface area (Å²) in [5.74, 6) is 1.01. The summed E-state index contributed by atoms with van der Waals surface area (Å²) >= 11 is 0. The van der Waals surface area contributed by atoms with Gasteiger partial charge in [0.25, 0.3) is 0 Å². The third-order valence-corrected chi connectivity index (χ3v) is 3.53. The minimum Gasteiger partial charge on any atom is -0.496 e. The molecule has 88 valence electrons. The molecule has 2 heteroatoms. The number of nitrogens with two attached hydrogens (primary N) is 1. The van der Waals surface area contributed by atoms with Crippen molar-refractivity contribution in [2.75, 3.05) is 7.11 Å². The molecular formula is C14H21NO. The maximum Gasteiger partial charge on any atom is 0.124 e. The molecule has 0 aliphatic heterocycles. The number of ether oxygens (including phenoxy) is 1. The van der Waals surface area contributed by atoms with E-state index in [0.717, 1.165) is 18.6 Å². The summed E-state index contributed by atoms with van der Waals surface area (Å²) in [7, 11) is 1.73. The van der Waals surface area contributed by atoms with Crippen LogP contribution in [0.1, 0.15) is 36.0 Å². The van der Waals surface area contributed by atoms with Crippen molar-refractivity contribution in [2.24, 2.45) is 5.73 Å². The van der Waals surface area contributed by atoms with E-state index in [1.54, 1.807) is 7.11 Å². The van der Waals surface area contributed by atoms with Gasteiger partial charge in [0.05, 0.1) is 7.11 Å². The fraction of sp³-hybridized carbons (Fsp3) is 0.571. The lowest BCUT2D eigenvalue weighted by atomic mass is 9.99. The zero-order chi connectivity index (χ0) is 11.8. The van der Waals surface area contributed by atoms with Crippen LogP contribution in [0.25, 0.3) is 0 Å². The Labute approximate surface area is 97.8 Å². The summed E-state index contributed by atoms with van der Waals surface area (Å²) in [6.07, 6.45) is 4.59. The molecular weight excluding hydrogens is 198 g/mol. The summed E-state index contributed by atoms with van der Waals surface area (Å²) in [4.78, 5) is 0. The van der Waals surface area contributed by atoms with Gasteiger partial charge in [0.1, 0.15) is 5.75 Å². The van der Waals surface area contributed by atoms with Gasteiger partial charge < -0.3 is 10.5 Å². The smallest absolute Gasteiger partial charge is 0.124 e. The number of hydrogen-bond acceptors (Lipinski definition) is 2. The second-order valence-corrected chi connectivity index (χ2v) is 5.13. The predicted octanol–water partition coefficient (Wildman–Crippen LogP) is 2.74. The van der Waals surface area contributed by atoms with Crippen LogP contribution in [0.2, 0.25) is 0 Å². The number of aryl methyl sites for hydroxylation is 3. The zero-order valence-electron chi connectivity index (χ0n) is 10.5. The zero-order valence-corrected chi connectivity index (χ0v) is 10.5. The Bertz CT molecular complexity index is 371. The van der Waals surface area contributed by atoms with Crippen molar-refractivity contribution in [1.29, 1.82) is 0 Å². The number of hydrogen-bond donors (Lipinski definition) is 1. The first kappa shape index (κ1) is 11.5. The average molecular weight is 219 g/mol. The summed E-state index contributed by atoms with van der Waals surface area (Å²) in [6, 6.07) is 4.44. The summed E-state index contributed by atoms with van der Waals surface area (Å²) in [6.45, 7) is 4.20. The normalized spacial score (nSPS) is 17.2. The minimum atomic E-state index is 0.155. The molecule has 2 nitrogen and oxygen atoms in total.